The first-order valence-electron chi connectivity index (χ1n) is 13.5. The van der Waals surface area contributed by atoms with Gasteiger partial charge in [-0.3, -0.25) is 4.79 Å². The number of aryl methyl sites for hydroxylation is 1. The van der Waals surface area contributed by atoms with Crippen LogP contribution in [0.3, 0.4) is 0 Å². The Morgan fingerprint density at radius 2 is 1.68 bits per heavy atom. The number of benzene rings is 3. The molecule has 2 atom stereocenters. The number of rotatable bonds is 9. The Morgan fingerprint density at radius 1 is 0.950 bits per heavy atom. The highest BCUT2D eigenvalue weighted by Gasteiger charge is 2.19. The zero-order valence-electron chi connectivity index (χ0n) is 24.2. The van der Waals surface area contributed by atoms with Crippen molar-refractivity contribution in [2.24, 2.45) is 0 Å². The van der Waals surface area contributed by atoms with Crippen LogP contribution in [0.25, 0.3) is 10.9 Å². The van der Waals surface area contributed by atoms with Gasteiger partial charge in [0.1, 0.15) is 5.75 Å². The Morgan fingerprint density at radius 3 is 2.35 bits per heavy atom. The van der Waals surface area contributed by atoms with Crippen LogP contribution in [-0.4, -0.2) is 29.7 Å². The van der Waals surface area contributed by atoms with Crippen molar-refractivity contribution in [1.29, 1.82) is 0 Å². The van der Waals surface area contributed by atoms with Crippen LogP contribution < -0.4 is 10.1 Å². The van der Waals surface area contributed by atoms with E-state index in [0.29, 0.717) is 28.8 Å². The fourth-order valence-corrected chi connectivity index (χ4v) is 5.12. The third-order valence-electron chi connectivity index (χ3n) is 7.50. The second-order valence-corrected chi connectivity index (χ2v) is 11.0. The molecule has 0 bridgehead atoms. The molecule has 0 aliphatic rings. The van der Waals surface area contributed by atoms with Gasteiger partial charge in [0.15, 0.2) is 6.10 Å². The highest BCUT2D eigenvalue weighted by molar-refractivity contribution is 6.32. The molecule has 1 N–H and O–H groups in total. The van der Waals surface area contributed by atoms with Gasteiger partial charge in [-0.15, -0.1) is 0 Å². The minimum atomic E-state index is -0.758. The summed E-state index contributed by atoms with van der Waals surface area (Å²) in [7, 11) is 1.32. The molecule has 0 unspecified atom stereocenters. The van der Waals surface area contributed by atoms with E-state index in [1.54, 1.807) is 13.0 Å². The van der Waals surface area contributed by atoms with Crippen LogP contribution in [-0.2, 0) is 16.1 Å². The number of hydrogen-bond acceptors (Lipinski definition) is 4. The highest BCUT2D eigenvalue weighted by Crippen LogP contribution is 2.31. The number of halogens is 1. The number of nitrogens with zero attached hydrogens (tertiary/aromatic N) is 1. The summed E-state index contributed by atoms with van der Waals surface area (Å²) in [5, 5.41) is 4.62. The van der Waals surface area contributed by atoms with Crippen molar-refractivity contribution < 1.29 is 19.1 Å². The molecule has 0 radical (unpaired) electrons. The molecule has 0 saturated heterocycles. The number of carbonyl (C=O) groups excluding carboxylic acids is 2. The number of hydrogen-bond donors (Lipinski definition) is 1. The van der Waals surface area contributed by atoms with E-state index in [9.17, 15) is 9.59 Å². The van der Waals surface area contributed by atoms with Gasteiger partial charge in [-0.25, -0.2) is 4.79 Å². The van der Waals surface area contributed by atoms with Gasteiger partial charge >= 0.3 is 5.97 Å². The Bertz CT molecular complexity index is 1560. The molecule has 4 rings (SSSR count). The van der Waals surface area contributed by atoms with E-state index in [2.05, 4.69) is 55.8 Å². The molecule has 40 heavy (non-hydrogen) atoms. The standard InChI is InChI=1S/C33H37ClN2O4/c1-19(2)25-9-8-10-26(16-25)21(4)35-32(37)27-12-13-30-28(17-27)20(3)22(5)36(30)18-24-11-14-31(29(34)15-24)40-23(6)33(38)39-7/h8-17,19,21,23H,18H2,1-7H3,(H,35,37)/t21-,23-/m0/s1. The van der Waals surface area contributed by atoms with Crippen LogP contribution in [0.4, 0.5) is 0 Å². The van der Waals surface area contributed by atoms with Gasteiger partial charge in [-0.1, -0.05) is 55.8 Å². The molecule has 4 aromatic rings. The number of methoxy groups -OCH3 is 1. The number of esters is 1. The fourth-order valence-electron chi connectivity index (χ4n) is 4.87. The maximum absolute atomic E-state index is 13.2. The van der Waals surface area contributed by atoms with E-state index < -0.39 is 12.1 Å². The second-order valence-electron chi connectivity index (χ2n) is 10.6. The molecule has 0 fully saturated rings. The van der Waals surface area contributed by atoms with Crippen LogP contribution in [0, 0.1) is 13.8 Å². The molecule has 7 heteroatoms. The predicted octanol–water partition coefficient (Wildman–Crippen LogP) is 7.51. The average Bonchev–Trinajstić information content (AvgIpc) is 3.18. The van der Waals surface area contributed by atoms with Crippen molar-refractivity contribution >= 4 is 34.4 Å². The topological polar surface area (TPSA) is 69.6 Å². The smallest absolute Gasteiger partial charge is 0.346 e. The van der Waals surface area contributed by atoms with Crippen LogP contribution in [0.5, 0.6) is 5.75 Å². The van der Waals surface area contributed by atoms with Gasteiger partial charge in [0.2, 0.25) is 0 Å². The summed E-state index contributed by atoms with van der Waals surface area (Å²) in [5.41, 5.74) is 7.24. The molecule has 1 aromatic heterocycles. The lowest BCUT2D eigenvalue weighted by Crippen LogP contribution is -2.26. The molecule has 0 aliphatic heterocycles. The quantitative estimate of drug-likeness (QED) is 0.215. The maximum atomic E-state index is 13.2. The number of fused-ring (bicyclic) bond motifs is 1. The van der Waals surface area contributed by atoms with Gasteiger partial charge < -0.3 is 19.4 Å². The highest BCUT2D eigenvalue weighted by atomic mass is 35.5. The lowest BCUT2D eigenvalue weighted by Gasteiger charge is -2.17. The first kappa shape index (κ1) is 29.2. The average molecular weight is 561 g/mol. The number of amides is 1. The maximum Gasteiger partial charge on any atom is 0.346 e. The summed E-state index contributed by atoms with van der Waals surface area (Å²) in [5.74, 6) is 0.290. The van der Waals surface area contributed by atoms with E-state index in [-0.39, 0.29) is 11.9 Å². The van der Waals surface area contributed by atoms with Crippen molar-refractivity contribution in [3.05, 3.63) is 99.2 Å². The van der Waals surface area contributed by atoms with Gasteiger partial charge in [0.25, 0.3) is 5.91 Å². The third-order valence-corrected chi connectivity index (χ3v) is 7.80. The van der Waals surface area contributed by atoms with Crippen molar-refractivity contribution in [3.8, 4) is 5.75 Å². The van der Waals surface area contributed by atoms with Gasteiger partial charge in [-0.05, 0) is 86.2 Å². The summed E-state index contributed by atoms with van der Waals surface area (Å²) >= 11 is 6.49. The molecule has 0 saturated carbocycles. The molecule has 210 valence electrons. The number of aromatic nitrogens is 1. The summed E-state index contributed by atoms with van der Waals surface area (Å²) in [4.78, 5) is 24.9. The lowest BCUT2D eigenvalue weighted by molar-refractivity contribution is -0.147. The molecule has 0 aliphatic carbocycles. The van der Waals surface area contributed by atoms with Gasteiger partial charge in [-0.2, -0.15) is 0 Å². The summed E-state index contributed by atoms with van der Waals surface area (Å²) in [6, 6.07) is 19.7. The summed E-state index contributed by atoms with van der Waals surface area (Å²) < 4.78 is 12.6. The van der Waals surface area contributed by atoms with E-state index in [0.717, 1.165) is 33.3 Å². The largest absolute Gasteiger partial charge is 0.477 e. The van der Waals surface area contributed by atoms with E-state index in [1.165, 1.54) is 12.7 Å². The van der Waals surface area contributed by atoms with Crippen molar-refractivity contribution in [3.63, 3.8) is 0 Å². The monoisotopic (exact) mass is 560 g/mol. The van der Waals surface area contributed by atoms with Gasteiger partial charge in [0.05, 0.1) is 18.2 Å². The predicted molar refractivity (Wildman–Crippen MR) is 160 cm³/mol. The molecule has 0 spiro atoms. The summed E-state index contributed by atoms with van der Waals surface area (Å²) in [6.07, 6.45) is -0.758. The van der Waals surface area contributed by atoms with Crippen molar-refractivity contribution in [2.45, 2.75) is 66.2 Å². The van der Waals surface area contributed by atoms with E-state index >= 15 is 0 Å². The van der Waals surface area contributed by atoms with Crippen molar-refractivity contribution in [1.82, 2.24) is 9.88 Å². The molecule has 1 amide bonds. The lowest BCUT2D eigenvalue weighted by atomic mass is 9.98. The van der Waals surface area contributed by atoms with Crippen LogP contribution in [0.15, 0.2) is 60.7 Å². The molecule has 1 heterocycles. The Labute approximate surface area is 241 Å². The zero-order chi connectivity index (χ0) is 29.1. The Hall–Kier alpha value is -3.77. The van der Waals surface area contributed by atoms with E-state index in [4.69, 9.17) is 21.1 Å². The fraction of sp³-hybridized carbons (Fsp3) is 0.333. The molecular formula is C33H37ClN2O4. The second kappa shape index (κ2) is 12.2. The first-order chi connectivity index (χ1) is 19.0. The Balaban J connectivity index is 1.54. The third kappa shape index (κ3) is 6.18. The normalized spacial score (nSPS) is 12.8. The molecule has 3 aromatic carbocycles. The number of ether oxygens (including phenoxy) is 2. The van der Waals surface area contributed by atoms with Gasteiger partial charge in [0, 0.05) is 28.7 Å². The van der Waals surface area contributed by atoms with Crippen LogP contribution in [0.2, 0.25) is 5.02 Å². The number of carbonyl (C=O) groups is 2. The first-order valence-corrected chi connectivity index (χ1v) is 13.9. The minimum Gasteiger partial charge on any atom is -0.477 e. The number of nitrogens with one attached hydrogen (secondary N) is 1. The summed E-state index contributed by atoms with van der Waals surface area (Å²) in [6.45, 7) is 12.7. The minimum absolute atomic E-state index is 0.0993. The SMILES string of the molecule is COC(=O)[C@H](C)Oc1ccc(Cn2c(C)c(C)c3cc(C(=O)N[C@@H](C)c4cccc(C(C)C)c4)ccc32)cc1Cl. The molecular weight excluding hydrogens is 524 g/mol. The van der Waals surface area contributed by atoms with Crippen LogP contribution >= 0.6 is 11.6 Å². The van der Waals surface area contributed by atoms with E-state index in [1.807, 2.05) is 43.3 Å². The van der Waals surface area contributed by atoms with Crippen LogP contribution in [0.1, 0.15) is 78.0 Å². The molecule has 6 nitrogen and oxygen atoms in total. The Kier molecular flexibility index (Phi) is 8.89. The van der Waals surface area contributed by atoms with Crippen molar-refractivity contribution in [2.75, 3.05) is 7.11 Å². The zero-order valence-corrected chi connectivity index (χ0v) is 24.9.